The van der Waals surface area contributed by atoms with Crippen LogP contribution in [0.15, 0.2) is 0 Å². The van der Waals surface area contributed by atoms with Crippen molar-refractivity contribution in [2.75, 3.05) is 0 Å². The number of carbonyl (C=O) groups is 3. The van der Waals surface area contributed by atoms with Crippen molar-refractivity contribution in [2.45, 2.75) is 70.3 Å². The number of aliphatic carboxylic acids is 1. The molecular weight excluding hydrogens is 270 g/mol. The van der Waals surface area contributed by atoms with Crippen molar-refractivity contribution in [3.8, 4) is 0 Å². The van der Waals surface area contributed by atoms with Gasteiger partial charge in [0.15, 0.2) is 0 Å². The van der Waals surface area contributed by atoms with Crippen molar-refractivity contribution in [2.24, 2.45) is 11.3 Å². The Balaban J connectivity index is 1.88. The average Bonchev–Trinajstić information content (AvgIpc) is 2.89. The van der Waals surface area contributed by atoms with E-state index in [1.165, 1.54) is 4.90 Å². The lowest BCUT2D eigenvalue weighted by atomic mass is 9.84. The molecule has 3 aliphatic rings. The maximum Gasteiger partial charge on any atom is 0.308 e. The van der Waals surface area contributed by atoms with E-state index in [1.807, 2.05) is 0 Å². The van der Waals surface area contributed by atoms with E-state index in [4.69, 9.17) is 0 Å². The summed E-state index contributed by atoms with van der Waals surface area (Å²) in [5, 5.41) is 9.47. The van der Waals surface area contributed by atoms with Gasteiger partial charge in [0.05, 0.1) is 17.4 Å². The van der Waals surface area contributed by atoms with Gasteiger partial charge >= 0.3 is 5.97 Å². The molecule has 5 heteroatoms. The predicted molar refractivity (Wildman–Crippen MR) is 75.4 cm³/mol. The SMILES string of the molecule is O=C(O)C1CCCCCC1N1C(=O)CC2(CCCC2)C1=O. The molecule has 0 aromatic rings. The summed E-state index contributed by atoms with van der Waals surface area (Å²) in [6.07, 6.45) is 7.86. The Kier molecular flexibility index (Phi) is 3.76. The second-order valence-corrected chi connectivity index (χ2v) is 6.88. The van der Waals surface area contributed by atoms with Crippen LogP contribution in [0, 0.1) is 11.3 Å². The Morgan fingerprint density at radius 1 is 1.05 bits per heavy atom. The maximum absolute atomic E-state index is 12.8. The van der Waals surface area contributed by atoms with E-state index < -0.39 is 23.3 Å². The molecule has 0 radical (unpaired) electrons. The summed E-state index contributed by atoms with van der Waals surface area (Å²) in [7, 11) is 0. The van der Waals surface area contributed by atoms with Crippen LogP contribution in [0.5, 0.6) is 0 Å². The van der Waals surface area contributed by atoms with Crippen LogP contribution in [0.4, 0.5) is 0 Å². The molecule has 116 valence electrons. The molecule has 3 rings (SSSR count). The topological polar surface area (TPSA) is 74.7 Å². The second-order valence-electron chi connectivity index (χ2n) is 6.88. The minimum absolute atomic E-state index is 0.0804. The molecule has 21 heavy (non-hydrogen) atoms. The highest BCUT2D eigenvalue weighted by Crippen LogP contribution is 2.48. The number of carboxylic acid groups (broad SMARTS) is 1. The summed E-state index contributed by atoms with van der Waals surface area (Å²) in [4.78, 5) is 38.2. The summed E-state index contributed by atoms with van der Waals surface area (Å²) >= 11 is 0. The summed E-state index contributed by atoms with van der Waals surface area (Å²) in [6.45, 7) is 0. The highest BCUT2D eigenvalue weighted by Gasteiger charge is 2.55. The molecule has 2 atom stereocenters. The van der Waals surface area contributed by atoms with Gasteiger partial charge in [0.2, 0.25) is 11.8 Å². The minimum atomic E-state index is -0.866. The van der Waals surface area contributed by atoms with Crippen LogP contribution in [0.25, 0.3) is 0 Å². The van der Waals surface area contributed by atoms with Gasteiger partial charge in [0.25, 0.3) is 0 Å². The van der Waals surface area contributed by atoms with Crippen molar-refractivity contribution < 1.29 is 19.5 Å². The standard InChI is InChI=1S/C16H23NO4/c18-13-10-16(8-4-5-9-16)15(21)17(13)12-7-3-1-2-6-11(12)14(19)20/h11-12H,1-10H2,(H,19,20). The fraction of sp³-hybridized carbons (Fsp3) is 0.812. The minimum Gasteiger partial charge on any atom is -0.481 e. The highest BCUT2D eigenvalue weighted by molar-refractivity contribution is 6.06. The first kappa shape index (κ1) is 14.5. The Hall–Kier alpha value is -1.39. The fourth-order valence-electron chi connectivity index (χ4n) is 4.48. The number of rotatable bonds is 2. The Bertz CT molecular complexity index is 467. The van der Waals surface area contributed by atoms with Gasteiger partial charge in [-0.05, 0) is 25.7 Å². The van der Waals surface area contributed by atoms with Crippen LogP contribution in [-0.2, 0) is 14.4 Å². The summed E-state index contributed by atoms with van der Waals surface area (Å²) in [6, 6.07) is -0.426. The maximum atomic E-state index is 12.8. The van der Waals surface area contributed by atoms with Gasteiger partial charge in [-0.3, -0.25) is 19.3 Å². The Morgan fingerprint density at radius 2 is 1.71 bits per heavy atom. The van der Waals surface area contributed by atoms with E-state index in [1.54, 1.807) is 0 Å². The molecule has 1 N–H and O–H groups in total. The van der Waals surface area contributed by atoms with Gasteiger partial charge in [-0.1, -0.05) is 32.1 Å². The molecule has 1 heterocycles. The first-order chi connectivity index (χ1) is 10.1. The zero-order valence-electron chi connectivity index (χ0n) is 12.3. The number of carboxylic acids is 1. The second kappa shape index (κ2) is 5.43. The monoisotopic (exact) mass is 293 g/mol. The van der Waals surface area contributed by atoms with Crippen LogP contribution in [0.1, 0.15) is 64.2 Å². The summed E-state index contributed by atoms with van der Waals surface area (Å²) in [5.74, 6) is -1.67. The Morgan fingerprint density at radius 3 is 2.38 bits per heavy atom. The molecule has 0 aromatic carbocycles. The van der Waals surface area contributed by atoms with Gasteiger partial charge < -0.3 is 5.11 Å². The normalized spacial score (nSPS) is 32.7. The molecule has 3 fully saturated rings. The first-order valence-corrected chi connectivity index (χ1v) is 8.14. The molecule has 2 unspecified atom stereocenters. The number of imide groups is 1. The molecule has 1 saturated heterocycles. The average molecular weight is 293 g/mol. The van der Waals surface area contributed by atoms with Crippen LogP contribution >= 0.6 is 0 Å². The largest absolute Gasteiger partial charge is 0.481 e. The molecule has 5 nitrogen and oxygen atoms in total. The molecule has 2 amide bonds. The molecule has 2 aliphatic carbocycles. The number of nitrogens with zero attached hydrogens (tertiary/aromatic N) is 1. The zero-order chi connectivity index (χ0) is 15.0. The molecule has 1 spiro atoms. The number of hydrogen-bond donors (Lipinski definition) is 1. The molecule has 0 aromatic heterocycles. The summed E-state index contributed by atoms with van der Waals surface area (Å²) < 4.78 is 0. The van der Waals surface area contributed by atoms with E-state index in [0.29, 0.717) is 19.3 Å². The quantitative estimate of drug-likeness (QED) is 0.626. The Labute approximate surface area is 124 Å². The highest BCUT2D eigenvalue weighted by atomic mass is 16.4. The van der Waals surface area contributed by atoms with E-state index in [2.05, 4.69) is 0 Å². The van der Waals surface area contributed by atoms with Crippen LogP contribution in [0.3, 0.4) is 0 Å². The smallest absolute Gasteiger partial charge is 0.308 e. The lowest BCUT2D eigenvalue weighted by molar-refractivity contribution is -0.151. The predicted octanol–water partition coefficient (Wildman–Crippen LogP) is 2.34. The number of hydrogen-bond acceptors (Lipinski definition) is 3. The van der Waals surface area contributed by atoms with Crippen molar-refractivity contribution in [3.63, 3.8) is 0 Å². The third kappa shape index (κ3) is 2.36. The van der Waals surface area contributed by atoms with E-state index in [0.717, 1.165) is 44.9 Å². The van der Waals surface area contributed by atoms with Crippen LogP contribution in [0.2, 0.25) is 0 Å². The van der Waals surface area contributed by atoms with Gasteiger partial charge in [0, 0.05) is 6.42 Å². The zero-order valence-corrected chi connectivity index (χ0v) is 12.3. The van der Waals surface area contributed by atoms with Gasteiger partial charge in [-0.2, -0.15) is 0 Å². The van der Waals surface area contributed by atoms with Gasteiger partial charge in [0.1, 0.15) is 0 Å². The van der Waals surface area contributed by atoms with E-state index >= 15 is 0 Å². The molecule has 2 saturated carbocycles. The number of carbonyl (C=O) groups excluding carboxylic acids is 2. The van der Waals surface area contributed by atoms with E-state index in [-0.39, 0.29) is 11.8 Å². The molecule has 0 bridgehead atoms. The fourth-order valence-corrected chi connectivity index (χ4v) is 4.48. The third-order valence-electron chi connectivity index (χ3n) is 5.62. The van der Waals surface area contributed by atoms with Gasteiger partial charge in [-0.15, -0.1) is 0 Å². The van der Waals surface area contributed by atoms with Crippen molar-refractivity contribution in [1.29, 1.82) is 0 Å². The van der Waals surface area contributed by atoms with Crippen LogP contribution < -0.4 is 0 Å². The van der Waals surface area contributed by atoms with Gasteiger partial charge in [-0.25, -0.2) is 0 Å². The lowest BCUT2D eigenvalue weighted by Gasteiger charge is -2.31. The molecular formula is C16H23NO4. The van der Waals surface area contributed by atoms with Crippen molar-refractivity contribution in [1.82, 2.24) is 4.90 Å². The summed E-state index contributed by atoms with van der Waals surface area (Å²) in [5.41, 5.74) is -0.494. The first-order valence-electron chi connectivity index (χ1n) is 8.14. The van der Waals surface area contributed by atoms with Crippen molar-refractivity contribution in [3.05, 3.63) is 0 Å². The van der Waals surface area contributed by atoms with Crippen molar-refractivity contribution >= 4 is 17.8 Å². The number of likely N-dealkylation sites (tertiary alicyclic amines) is 1. The van der Waals surface area contributed by atoms with E-state index in [9.17, 15) is 19.5 Å². The molecule has 1 aliphatic heterocycles. The lowest BCUT2D eigenvalue weighted by Crippen LogP contribution is -2.47. The third-order valence-corrected chi connectivity index (χ3v) is 5.62. The van der Waals surface area contributed by atoms with Crippen LogP contribution in [-0.4, -0.2) is 33.8 Å². The number of amides is 2.